The Balaban J connectivity index is 0.882. The van der Waals surface area contributed by atoms with Gasteiger partial charge in [-0.15, -0.1) is 0 Å². The van der Waals surface area contributed by atoms with Gasteiger partial charge in [-0.05, 0) is 65.1 Å². The first-order chi connectivity index (χ1) is 26.9. The van der Waals surface area contributed by atoms with Crippen molar-refractivity contribution < 1.29 is 9.59 Å². The van der Waals surface area contributed by atoms with E-state index in [0.29, 0.717) is 29.9 Å². The number of aromatic nitrogens is 5. The van der Waals surface area contributed by atoms with Crippen LogP contribution >= 0.6 is 0 Å². The van der Waals surface area contributed by atoms with E-state index in [9.17, 15) is 19.6 Å². The van der Waals surface area contributed by atoms with Gasteiger partial charge < -0.3 is 4.90 Å². The van der Waals surface area contributed by atoms with E-state index in [1.165, 1.54) is 16.3 Å². The van der Waals surface area contributed by atoms with Crippen molar-refractivity contribution in [2.45, 2.75) is 31.8 Å². The summed E-state index contributed by atoms with van der Waals surface area (Å²) >= 11 is 0. The van der Waals surface area contributed by atoms with Gasteiger partial charge in [0.2, 0.25) is 11.8 Å². The van der Waals surface area contributed by atoms with Gasteiger partial charge in [-0.2, -0.15) is 10.4 Å². The normalized spacial score (nSPS) is 16.1. The van der Waals surface area contributed by atoms with E-state index >= 15 is 0 Å². The molecule has 272 valence electrons. The van der Waals surface area contributed by atoms with E-state index in [1.807, 2.05) is 54.9 Å². The first-order valence-corrected chi connectivity index (χ1v) is 18.2. The third-order valence-corrected chi connectivity index (χ3v) is 10.1. The molecule has 8 rings (SSSR count). The number of piperazine rings is 1. The van der Waals surface area contributed by atoms with Crippen molar-refractivity contribution in [1.82, 2.24) is 34.9 Å². The fourth-order valence-electron chi connectivity index (χ4n) is 7.12. The number of piperidine rings is 1. The van der Waals surface area contributed by atoms with Crippen molar-refractivity contribution in [2.24, 2.45) is 0 Å². The summed E-state index contributed by atoms with van der Waals surface area (Å²) in [6.07, 6.45) is 6.32. The zero-order valence-corrected chi connectivity index (χ0v) is 30.0. The quantitative estimate of drug-likeness (QED) is 0.197. The van der Waals surface area contributed by atoms with Crippen molar-refractivity contribution >= 4 is 17.6 Å². The van der Waals surface area contributed by atoms with Crippen LogP contribution in [0, 0.1) is 11.3 Å². The number of carbonyl (C=O) groups is 2. The van der Waals surface area contributed by atoms with Crippen LogP contribution in [0.5, 0.6) is 0 Å². The molecule has 6 aromatic rings. The summed E-state index contributed by atoms with van der Waals surface area (Å²) < 4.78 is 1.42. The molecule has 1 unspecified atom stereocenters. The van der Waals surface area contributed by atoms with Crippen molar-refractivity contribution in [1.29, 1.82) is 5.26 Å². The molecule has 1 N–H and O–H groups in total. The highest BCUT2D eigenvalue weighted by atomic mass is 16.2. The molecule has 55 heavy (non-hydrogen) atoms. The fourth-order valence-corrected chi connectivity index (χ4v) is 7.12. The van der Waals surface area contributed by atoms with Crippen molar-refractivity contribution in [3.63, 3.8) is 0 Å². The lowest BCUT2D eigenvalue weighted by Crippen LogP contribution is -2.46. The first kappa shape index (κ1) is 35.2. The third-order valence-electron chi connectivity index (χ3n) is 10.1. The molecule has 0 radical (unpaired) electrons. The van der Waals surface area contributed by atoms with Gasteiger partial charge in [-0.25, -0.2) is 19.6 Å². The number of pyridine rings is 1. The highest BCUT2D eigenvalue weighted by Crippen LogP contribution is 2.27. The Kier molecular flexibility index (Phi) is 10.0. The molecule has 2 aliphatic rings. The Bertz CT molecular complexity index is 2470. The summed E-state index contributed by atoms with van der Waals surface area (Å²) in [7, 11) is 0. The van der Waals surface area contributed by atoms with Gasteiger partial charge in [-0.1, -0.05) is 54.6 Å². The van der Waals surface area contributed by atoms with Gasteiger partial charge in [-0.3, -0.25) is 24.6 Å². The predicted molar refractivity (Wildman–Crippen MR) is 208 cm³/mol. The minimum absolute atomic E-state index is 0.214. The molecule has 3 aromatic carbocycles. The molecule has 2 fully saturated rings. The minimum atomic E-state index is -0.330. The summed E-state index contributed by atoms with van der Waals surface area (Å²) in [4.78, 5) is 55.3. The largest absolute Gasteiger partial charge is 0.354 e. The van der Waals surface area contributed by atoms with Crippen LogP contribution in [-0.4, -0.2) is 67.6 Å². The zero-order valence-electron chi connectivity index (χ0n) is 30.0. The number of nitrogens with zero attached hydrogens (tertiary/aromatic N) is 8. The second-order valence-electron chi connectivity index (χ2n) is 13.8. The number of carbonyl (C=O) groups excluding carboxylic acids is 2. The third kappa shape index (κ3) is 8.07. The summed E-state index contributed by atoms with van der Waals surface area (Å²) in [5.41, 5.74) is 7.43. The fraction of sp³-hybridized carbons (Fsp3) is 0.209. The number of nitrogens with one attached hydrogen (secondary N) is 1. The number of hydrogen-bond acceptors (Lipinski definition) is 10. The Morgan fingerprint density at radius 2 is 1.44 bits per heavy atom. The van der Waals surface area contributed by atoms with Crippen molar-refractivity contribution in [3.8, 4) is 39.8 Å². The topological polar surface area (TPSA) is 150 Å². The van der Waals surface area contributed by atoms with Crippen LogP contribution in [0.1, 0.15) is 41.0 Å². The molecule has 0 spiro atoms. The molecule has 12 heteroatoms. The number of imide groups is 1. The van der Waals surface area contributed by atoms with Gasteiger partial charge in [0, 0.05) is 80.5 Å². The second kappa shape index (κ2) is 15.6. The smallest absolute Gasteiger partial charge is 0.267 e. The SMILES string of the molecule is N#Cc1cccc(-c2ccc(=O)n(Cc3cccc(-c4ncc(-c5cccc(CN6CCN(c7ccc(C8CCC(=O)NC8=O)cn7)CC6)c5)cn4)c3)n2)c1. The van der Waals surface area contributed by atoms with E-state index in [1.54, 1.807) is 30.5 Å². The number of benzene rings is 3. The van der Waals surface area contributed by atoms with E-state index in [-0.39, 0.29) is 29.8 Å². The van der Waals surface area contributed by atoms with Crippen LogP contribution in [0.2, 0.25) is 0 Å². The maximum Gasteiger partial charge on any atom is 0.267 e. The molecule has 1 atom stereocenters. The average molecular weight is 728 g/mol. The molecule has 3 aromatic heterocycles. The van der Waals surface area contributed by atoms with Gasteiger partial charge in [0.05, 0.1) is 29.8 Å². The van der Waals surface area contributed by atoms with Gasteiger partial charge in [0.15, 0.2) is 5.82 Å². The molecule has 0 bridgehead atoms. The number of rotatable bonds is 9. The molecule has 12 nitrogen and oxygen atoms in total. The van der Waals surface area contributed by atoms with Crippen LogP contribution in [0.15, 0.2) is 120 Å². The van der Waals surface area contributed by atoms with Gasteiger partial charge in [0.1, 0.15) is 5.82 Å². The Labute approximate surface area is 317 Å². The highest BCUT2D eigenvalue weighted by molar-refractivity contribution is 6.00. The maximum absolute atomic E-state index is 12.7. The Hall–Kier alpha value is -6.84. The summed E-state index contributed by atoms with van der Waals surface area (Å²) in [5.74, 6) is 0.690. The minimum Gasteiger partial charge on any atom is -0.354 e. The lowest BCUT2D eigenvalue weighted by atomic mass is 9.92. The van der Waals surface area contributed by atoms with Crippen LogP contribution in [0.25, 0.3) is 33.8 Å². The number of amides is 2. The van der Waals surface area contributed by atoms with E-state index in [2.05, 4.69) is 55.5 Å². The van der Waals surface area contributed by atoms with Crippen LogP contribution in [0.4, 0.5) is 5.82 Å². The monoisotopic (exact) mass is 727 g/mol. The van der Waals surface area contributed by atoms with Gasteiger partial charge >= 0.3 is 0 Å². The number of nitriles is 1. The first-order valence-electron chi connectivity index (χ1n) is 18.2. The number of anilines is 1. The zero-order chi connectivity index (χ0) is 37.7. The molecular weight excluding hydrogens is 691 g/mol. The van der Waals surface area contributed by atoms with Crippen LogP contribution in [0.3, 0.4) is 0 Å². The van der Waals surface area contributed by atoms with Crippen molar-refractivity contribution in [2.75, 3.05) is 31.1 Å². The van der Waals surface area contributed by atoms with Crippen LogP contribution in [-0.2, 0) is 22.7 Å². The predicted octanol–water partition coefficient (Wildman–Crippen LogP) is 5.19. The van der Waals surface area contributed by atoms with E-state index in [4.69, 9.17) is 9.97 Å². The average Bonchev–Trinajstić information content (AvgIpc) is 3.22. The summed E-state index contributed by atoms with van der Waals surface area (Å²) in [6.45, 7) is 4.57. The summed E-state index contributed by atoms with van der Waals surface area (Å²) in [6, 6.07) is 32.7. The van der Waals surface area contributed by atoms with E-state index < -0.39 is 0 Å². The summed E-state index contributed by atoms with van der Waals surface area (Å²) in [5, 5.41) is 16.3. The molecule has 5 heterocycles. The molecule has 2 amide bonds. The van der Waals surface area contributed by atoms with Gasteiger partial charge in [0.25, 0.3) is 5.56 Å². The molecule has 0 saturated carbocycles. The number of hydrogen-bond donors (Lipinski definition) is 1. The Morgan fingerprint density at radius 3 is 2.18 bits per heavy atom. The highest BCUT2D eigenvalue weighted by Gasteiger charge is 2.28. The molecule has 2 saturated heterocycles. The lowest BCUT2D eigenvalue weighted by molar-refractivity contribution is -0.134. The molecular formula is C43H37N9O3. The van der Waals surface area contributed by atoms with Crippen LogP contribution < -0.4 is 15.8 Å². The lowest BCUT2D eigenvalue weighted by Gasteiger charge is -2.35. The Morgan fingerprint density at radius 1 is 0.709 bits per heavy atom. The maximum atomic E-state index is 12.7. The van der Waals surface area contributed by atoms with Crippen molar-refractivity contribution in [3.05, 3.63) is 148 Å². The standard InChI is InChI=1S/C43H37N9O3/c44-23-29-4-1-8-33(20-29)38-12-15-41(54)52(49-38)28-31-6-3-9-34(22-31)42-46-25-36(26-47-42)32-7-2-5-30(21-32)27-50-16-18-51(19-17-50)39-13-10-35(24-45-39)37-11-14-40(53)48-43(37)55/h1-10,12-13,15,20-22,24-26,37H,11,14,16-19,27-28H2,(H,48,53,55). The molecule has 0 aliphatic carbocycles. The van der Waals surface area contributed by atoms with E-state index in [0.717, 1.165) is 71.9 Å². The molecule has 2 aliphatic heterocycles. The second-order valence-corrected chi connectivity index (χ2v) is 13.8.